The molecule has 0 radical (unpaired) electrons. The molecule has 1 amide bonds. The number of hydrogen-bond donors (Lipinski definition) is 0. The number of nitrogens with zero attached hydrogens (tertiary/aromatic N) is 4. The number of likely N-dealkylation sites (tertiary alicyclic amines) is 1. The second-order valence-electron chi connectivity index (χ2n) is 6.52. The molecule has 0 atom stereocenters. The average molecular weight is 320 g/mol. The zero-order chi connectivity index (χ0) is 16.5. The fourth-order valence-electron chi connectivity index (χ4n) is 3.48. The fraction of sp³-hybridized carbons (Fsp3) is 0.421. The maximum atomic E-state index is 11.6. The quantitative estimate of drug-likeness (QED) is 0.631. The predicted molar refractivity (Wildman–Crippen MR) is 92.2 cm³/mol. The molecule has 24 heavy (non-hydrogen) atoms. The van der Waals surface area contributed by atoms with E-state index in [1.165, 1.54) is 31.8 Å². The third-order valence-corrected chi connectivity index (χ3v) is 4.91. The number of carbonyl (C=O) groups is 1. The first-order valence-electron chi connectivity index (χ1n) is 8.52. The van der Waals surface area contributed by atoms with Gasteiger partial charge in [-0.05, 0) is 37.0 Å². The molecule has 0 N–H and O–H groups in total. The standard InChI is InChI=1S/C19H20N4O/c1-2-18(24)22-12-15(13-22)23-19-16(8-5-11-20-19)17(21-23)10-9-14-6-3-4-7-14/h2,5,8,11,14-15H,1,3-4,6-7,12-13H2. The van der Waals surface area contributed by atoms with Gasteiger partial charge in [0.25, 0.3) is 0 Å². The topological polar surface area (TPSA) is 51.0 Å². The molecule has 122 valence electrons. The van der Waals surface area contributed by atoms with Crippen LogP contribution in [-0.2, 0) is 4.79 Å². The lowest BCUT2D eigenvalue weighted by Crippen LogP contribution is -2.50. The highest BCUT2D eigenvalue weighted by molar-refractivity contribution is 5.88. The van der Waals surface area contributed by atoms with E-state index in [1.54, 1.807) is 11.1 Å². The maximum Gasteiger partial charge on any atom is 0.246 e. The van der Waals surface area contributed by atoms with Crippen LogP contribution in [-0.4, -0.2) is 38.7 Å². The summed E-state index contributed by atoms with van der Waals surface area (Å²) in [6.07, 6.45) is 8.10. The lowest BCUT2D eigenvalue weighted by Gasteiger charge is -2.38. The molecule has 0 aromatic carbocycles. The van der Waals surface area contributed by atoms with Crippen molar-refractivity contribution < 1.29 is 4.79 Å². The SMILES string of the molecule is C=CC(=O)N1CC(n2nc(C#CC3CCCC3)c3cccnc32)C1. The van der Waals surface area contributed by atoms with Gasteiger partial charge in [0.15, 0.2) is 5.65 Å². The number of rotatable bonds is 2. The summed E-state index contributed by atoms with van der Waals surface area (Å²) in [6, 6.07) is 4.10. The van der Waals surface area contributed by atoms with Crippen molar-refractivity contribution in [3.05, 3.63) is 36.7 Å². The summed E-state index contributed by atoms with van der Waals surface area (Å²) in [5, 5.41) is 5.71. The molecule has 0 spiro atoms. The van der Waals surface area contributed by atoms with Crippen molar-refractivity contribution in [3.8, 4) is 11.8 Å². The summed E-state index contributed by atoms with van der Waals surface area (Å²) in [4.78, 5) is 17.9. The predicted octanol–water partition coefficient (Wildman–Crippen LogP) is 2.54. The van der Waals surface area contributed by atoms with Crippen LogP contribution in [0.3, 0.4) is 0 Å². The Kier molecular flexibility index (Phi) is 3.81. The van der Waals surface area contributed by atoms with Crippen LogP contribution < -0.4 is 0 Å². The molecular weight excluding hydrogens is 300 g/mol. The molecule has 1 aliphatic heterocycles. The van der Waals surface area contributed by atoms with Crippen LogP contribution in [0.4, 0.5) is 0 Å². The number of carbonyl (C=O) groups excluding carboxylic acids is 1. The van der Waals surface area contributed by atoms with E-state index in [2.05, 4.69) is 23.4 Å². The van der Waals surface area contributed by atoms with Gasteiger partial charge in [-0.15, -0.1) is 0 Å². The summed E-state index contributed by atoms with van der Waals surface area (Å²) < 4.78 is 1.93. The van der Waals surface area contributed by atoms with Crippen molar-refractivity contribution in [1.29, 1.82) is 0 Å². The molecular formula is C19H20N4O. The Morgan fingerprint density at radius 1 is 1.33 bits per heavy atom. The molecule has 2 aromatic rings. The van der Waals surface area contributed by atoms with Crippen LogP contribution in [0.25, 0.3) is 11.0 Å². The van der Waals surface area contributed by atoms with Crippen molar-refractivity contribution in [1.82, 2.24) is 19.7 Å². The van der Waals surface area contributed by atoms with Crippen LogP contribution in [0.5, 0.6) is 0 Å². The Morgan fingerprint density at radius 2 is 2.12 bits per heavy atom. The van der Waals surface area contributed by atoms with Crippen LogP contribution in [0.2, 0.25) is 0 Å². The van der Waals surface area contributed by atoms with Crippen molar-refractivity contribution in [2.24, 2.45) is 5.92 Å². The van der Waals surface area contributed by atoms with E-state index in [0.717, 1.165) is 16.7 Å². The third-order valence-electron chi connectivity index (χ3n) is 4.91. The average Bonchev–Trinajstić information content (AvgIpc) is 3.20. The van der Waals surface area contributed by atoms with Crippen LogP contribution >= 0.6 is 0 Å². The molecule has 5 heteroatoms. The second kappa shape index (κ2) is 6.12. The Balaban J connectivity index is 1.62. The Hall–Kier alpha value is -2.61. The van der Waals surface area contributed by atoms with Crippen molar-refractivity contribution in [2.75, 3.05) is 13.1 Å². The smallest absolute Gasteiger partial charge is 0.246 e. The maximum absolute atomic E-state index is 11.6. The highest BCUT2D eigenvalue weighted by Gasteiger charge is 2.33. The lowest BCUT2D eigenvalue weighted by atomic mass is 10.1. The highest BCUT2D eigenvalue weighted by atomic mass is 16.2. The van der Waals surface area contributed by atoms with E-state index < -0.39 is 0 Å². The van der Waals surface area contributed by atoms with E-state index in [1.807, 2.05) is 16.8 Å². The monoisotopic (exact) mass is 320 g/mol. The first-order valence-corrected chi connectivity index (χ1v) is 8.52. The largest absolute Gasteiger partial charge is 0.335 e. The van der Waals surface area contributed by atoms with Gasteiger partial charge in [0, 0.05) is 25.2 Å². The Morgan fingerprint density at radius 3 is 2.88 bits per heavy atom. The first kappa shape index (κ1) is 14.9. The minimum atomic E-state index is -0.0306. The lowest BCUT2D eigenvalue weighted by molar-refractivity contribution is -0.131. The minimum absolute atomic E-state index is 0.0306. The molecule has 2 fully saturated rings. The van der Waals surface area contributed by atoms with Gasteiger partial charge in [-0.3, -0.25) is 4.79 Å². The summed E-state index contributed by atoms with van der Waals surface area (Å²) in [5.74, 6) is 7.14. The van der Waals surface area contributed by atoms with E-state index in [-0.39, 0.29) is 11.9 Å². The van der Waals surface area contributed by atoms with Gasteiger partial charge >= 0.3 is 0 Å². The summed E-state index contributed by atoms with van der Waals surface area (Å²) in [5.41, 5.74) is 1.66. The summed E-state index contributed by atoms with van der Waals surface area (Å²) >= 11 is 0. The molecule has 3 heterocycles. The van der Waals surface area contributed by atoms with Crippen LogP contribution in [0, 0.1) is 17.8 Å². The van der Waals surface area contributed by atoms with Crippen molar-refractivity contribution >= 4 is 16.9 Å². The summed E-state index contributed by atoms with van der Waals surface area (Å²) in [7, 11) is 0. The van der Waals surface area contributed by atoms with Gasteiger partial charge in [0.2, 0.25) is 5.91 Å². The zero-order valence-electron chi connectivity index (χ0n) is 13.6. The van der Waals surface area contributed by atoms with Gasteiger partial charge < -0.3 is 4.90 Å². The number of fused-ring (bicyclic) bond motifs is 1. The molecule has 1 aliphatic carbocycles. The number of amides is 1. The van der Waals surface area contributed by atoms with E-state index in [9.17, 15) is 4.79 Å². The van der Waals surface area contributed by atoms with Gasteiger partial charge in [-0.2, -0.15) is 5.10 Å². The fourth-order valence-corrected chi connectivity index (χ4v) is 3.48. The molecule has 1 saturated heterocycles. The second-order valence-corrected chi connectivity index (χ2v) is 6.52. The molecule has 2 aromatic heterocycles. The Bertz CT molecular complexity index is 845. The van der Waals surface area contributed by atoms with Gasteiger partial charge in [-0.1, -0.05) is 25.3 Å². The van der Waals surface area contributed by atoms with E-state index in [0.29, 0.717) is 19.0 Å². The van der Waals surface area contributed by atoms with Crippen molar-refractivity contribution in [2.45, 2.75) is 31.7 Å². The highest BCUT2D eigenvalue weighted by Crippen LogP contribution is 2.27. The minimum Gasteiger partial charge on any atom is -0.335 e. The van der Waals surface area contributed by atoms with Crippen LogP contribution in [0.1, 0.15) is 37.4 Å². The first-order chi connectivity index (χ1) is 11.8. The van der Waals surface area contributed by atoms with Gasteiger partial charge in [0.05, 0.1) is 11.4 Å². The van der Waals surface area contributed by atoms with Gasteiger partial charge in [0.1, 0.15) is 5.69 Å². The molecule has 0 bridgehead atoms. The van der Waals surface area contributed by atoms with E-state index >= 15 is 0 Å². The van der Waals surface area contributed by atoms with Crippen LogP contribution in [0.15, 0.2) is 31.0 Å². The van der Waals surface area contributed by atoms with Crippen molar-refractivity contribution in [3.63, 3.8) is 0 Å². The zero-order valence-corrected chi connectivity index (χ0v) is 13.6. The molecule has 0 unspecified atom stereocenters. The van der Waals surface area contributed by atoms with E-state index in [4.69, 9.17) is 5.10 Å². The summed E-state index contributed by atoms with van der Waals surface area (Å²) in [6.45, 7) is 4.83. The molecule has 5 nitrogen and oxygen atoms in total. The molecule has 1 saturated carbocycles. The van der Waals surface area contributed by atoms with Gasteiger partial charge in [-0.25, -0.2) is 9.67 Å². The number of hydrogen-bond acceptors (Lipinski definition) is 3. The Labute approximate surface area is 141 Å². The normalized spacial score (nSPS) is 18.2. The number of aromatic nitrogens is 3. The molecule has 2 aliphatic rings. The third kappa shape index (κ3) is 2.58. The number of pyridine rings is 1. The molecule has 4 rings (SSSR count).